The molecule has 0 fully saturated rings. The highest BCUT2D eigenvalue weighted by Crippen LogP contribution is 2.22. The smallest absolute Gasteiger partial charge is 0.313 e. The zero-order valence-electron chi connectivity index (χ0n) is 12.3. The average molecular weight is 336 g/mol. The molecule has 7 nitrogen and oxygen atoms in total. The maximum Gasteiger partial charge on any atom is 0.313 e. The van der Waals surface area contributed by atoms with Crippen LogP contribution in [-0.2, 0) is 9.59 Å². The summed E-state index contributed by atoms with van der Waals surface area (Å²) in [4.78, 5) is 47.3. The van der Waals surface area contributed by atoms with Gasteiger partial charge in [0.2, 0.25) is 5.91 Å². The van der Waals surface area contributed by atoms with E-state index in [0.29, 0.717) is 23.4 Å². The third-order valence-corrected chi connectivity index (χ3v) is 4.18. The van der Waals surface area contributed by atoms with Crippen molar-refractivity contribution in [3.8, 4) is 0 Å². The molecule has 122 valence electrons. The van der Waals surface area contributed by atoms with Gasteiger partial charge in [0.25, 0.3) is 11.8 Å². The van der Waals surface area contributed by atoms with Gasteiger partial charge in [0.15, 0.2) is 0 Å². The summed E-state index contributed by atoms with van der Waals surface area (Å²) in [6, 6.07) is 6.56. The van der Waals surface area contributed by atoms with E-state index >= 15 is 0 Å². The van der Waals surface area contributed by atoms with Crippen LogP contribution in [0.15, 0.2) is 24.3 Å². The van der Waals surface area contributed by atoms with Crippen LogP contribution in [0.4, 0.5) is 0 Å². The van der Waals surface area contributed by atoms with E-state index in [4.69, 9.17) is 5.11 Å². The van der Waals surface area contributed by atoms with E-state index in [2.05, 4.69) is 5.32 Å². The average Bonchev–Trinajstić information content (AvgIpc) is 2.77. The summed E-state index contributed by atoms with van der Waals surface area (Å²) in [6.45, 7) is 0.374. The maximum atomic E-state index is 12.1. The molecule has 23 heavy (non-hydrogen) atoms. The number of imide groups is 1. The minimum atomic E-state index is -0.896. The summed E-state index contributed by atoms with van der Waals surface area (Å²) in [7, 11) is 0. The van der Waals surface area contributed by atoms with Gasteiger partial charge >= 0.3 is 5.97 Å². The molecule has 0 bridgehead atoms. The van der Waals surface area contributed by atoms with Gasteiger partial charge in [-0.05, 0) is 12.1 Å². The lowest BCUT2D eigenvalue weighted by Crippen LogP contribution is -2.35. The fourth-order valence-corrected chi connectivity index (χ4v) is 2.73. The molecule has 0 aliphatic carbocycles. The Kier molecular flexibility index (Phi) is 5.75. The minimum Gasteiger partial charge on any atom is -0.481 e. The van der Waals surface area contributed by atoms with Crippen LogP contribution in [0.1, 0.15) is 27.1 Å². The lowest BCUT2D eigenvalue weighted by Gasteiger charge is -2.13. The molecule has 0 aromatic heterocycles. The van der Waals surface area contributed by atoms with E-state index in [9.17, 15) is 19.2 Å². The van der Waals surface area contributed by atoms with Gasteiger partial charge in [-0.3, -0.25) is 24.1 Å². The fourth-order valence-electron chi connectivity index (χ4n) is 2.17. The van der Waals surface area contributed by atoms with Crippen molar-refractivity contribution in [1.29, 1.82) is 0 Å². The number of hydrogen-bond acceptors (Lipinski definition) is 5. The van der Waals surface area contributed by atoms with Crippen molar-refractivity contribution in [3.05, 3.63) is 35.4 Å². The standard InChI is InChI=1S/C15H16N2O5S/c18-12(16-6-8-23-9-13(19)20)5-7-17-14(21)10-3-1-2-4-11(10)15(17)22/h1-4H,5-9H2,(H,16,18)(H,19,20). The monoisotopic (exact) mass is 336 g/mol. The van der Waals surface area contributed by atoms with Gasteiger partial charge in [0.1, 0.15) is 0 Å². The van der Waals surface area contributed by atoms with Crippen molar-refractivity contribution in [3.63, 3.8) is 0 Å². The maximum absolute atomic E-state index is 12.1. The number of carbonyl (C=O) groups excluding carboxylic acids is 3. The zero-order chi connectivity index (χ0) is 16.8. The Morgan fingerprint density at radius 1 is 1.13 bits per heavy atom. The van der Waals surface area contributed by atoms with Crippen LogP contribution in [0.2, 0.25) is 0 Å². The summed E-state index contributed by atoms with van der Waals surface area (Å²) in [6.07, 6.45) is 0.0229. The van der Waals surface area contributed by atoms with Crippen molar-refractivity contribution in [2.24, 2.45) is 0 Å². The predicted molar refractivity (Wildman–Crippen MR) is 84.4 cm³/mol. The van der Waals surface area contributed by atoms with Gasteiger partial charge in [-0.15, -0.1) is 11.8 Å². The summed E-state index contributed by atoms with van der Waals surface area (Å²) in [5.41, 5.74) is 0.728. The molecule has 0 atom stereocenters. The highest BCUT2D eigenvalue weighted by Gasteiger charge is 2.34. The van der Waals surface area contributed by atoms with E-state index in [-0.39, 0.29) is 36.4 Å². The highest BCUT2D eigenvalue weighted by atomic mass is 32.2. The van der Waals surface area contributed by atoms with Gasteiger partial charge in [0.05, 0.1) is 16.9 Å². The third kappa shape index (κ3) is 4.32. The molecule has 0 spiro atoms. The van der Waals surface area contributed by atoms with Gasteiger partial charge in [-0.1, -0.05) is 12.1 Å². The molecule has 0 saturated carbocycles. The Morgan fingerprint density at radius 2 is 1.74 bits per heavy atom. The Labute approximate surface area is 137 Å². The molecule has 0 saturated heterocycles. The minimum absolute atomic E-state index is 0.00902. The first-order chi connectivity index (χ1) is 11.0. The summed E-state index contributed by atoms with van der Waals surface area (Å²) >= 11 is 1.21. The van der Waals surface area contributed by atoms with Crippen LogP contribution in [0, 0.1) is 0 Å². The van der Waals surface area contributed by atoms with E-state index in [1.54, 1.807) is 24.3 Å². The number of carboxylic acids is 1. The second-order valence-electron chi connectivity index (χ2n) is 4.85. The summed E-state index contributed by atoms with van der Waals surface area (Å²) in [5.74, 6) is -1.45. The largest absolute Gasteiger partial charge is 0.481 e. The number of carboxylic acid groups (broad SMARTS) is 1. The van der Waals surface area contributed by atoms with Crippen molar-refractivity contribution in [2.75, 3.05) is 24.6 Å². The van der Waals surface area contributed by atoms with Crippen LogP contribution in [0.5, 0.6) is 0 Å². The first-order valence-corrected chi connectivity index (χ1v) is 8.17. The van der Waals surface area contributed by atoms with Gasteiger partial charge < -0.3 is 10.4 Å². The van der Waals surface area contributed by atoms with Crippen molar-refractivity contribution in [2.45, 2.75) is 6.42 Å². The number of hydrogen-bond donors (Lipinski definition) is 2. The molecule has 2 rings (SSSR count). The van der Waals surface area contributed by atoms with Crippen molar-refractivity contribution in [1.82, 2.24) is 10.2 Å². The SMILES string of the molecule is O=C(O)CSCCNC(=O)CCN1C(=O)c2ccccc2C1=O. The number of fused-ring (bicyclic) bond motifs is 1. The molecule has 1 heterocycles. The lowest BCUT2D eigenvalue weighted by molar-refractivity contribution is -0.133. The van der Waals surface area contributed by atoms with Gasteiger partial charge in [0, 0.05) is 25.3 Å². The fraction of sp³-hybridized carbons (Fsp3) is 0.333. The number of aliphatic carboxylic acids is 1. The number of carbonyl (C=O) groups is 4. The van der Waals surface area contributed by atoms with Crippen LogP contribution in [0.25, 0.3) is 0 Å². The van der Waals surface area contributed by atoms with Gasteiger partial charge in [-0.25, -0.2) is 0 Å². The first-order valence-electron chi connectivity index (χ1n) is 7.02. The summed E-state index contributed by atoms with van der Waals surface area (Å²) in [5, 5.41) is 11.1. The Balaban J connectivity index is 1.74. The van der Waals surface area contributed by atoms with E-state index in [1.807, 2.05) is 0 Å². The number of nitrogens with zero attached hydrogens (tertiary/aromatic N) is 1. The quantitative estimate of drug-likeness (QED) is 0.532. The van der Waals surface area contributed by atoms with Crippen molar-refractivity contribution < 1.29 is 24.3 Å². The van der Waals surface area contributed by atoms with Gasteiger partial charge in [-0.2, -0.15) is 0 Å². The van der Waals surface area contributed by atoms with E-state index < -0.39 is 5.97 Å². The molecule has 1 aromatic rings. The number of rotatable bonds is 8. The summed E-state index contributed by atoms with van der Waals surface area (Å²) < 4.78 is 0. The molecule has 1 aliphatic heterocycles. The van der Waals surface area contributed by atoms with Crippen molar-refractivity contribution >= 4 is 35.5 Å². The van der Waals surface area contributed by atoms with Crippen LogP contribution >= 0.6 is 11.8 Å². The Bertz CT molecular complexity index is 612. The molecule has 0 radical (unpaired) electrons. The zero-order valence-corrected chi connectivity index (χ0v) is 13.1. The number of amides is 3. The van der Waals surface area contributed by atoms with Crippen LogP contribution in [0.3, 0.4) is 0 Å². The van der Waals surface area contributed by atoms with Crippen LogP contribution < -0.4 is 5.32 Å². The topological polar surface area (TPSA) is 104 Å². The first kappa shape index (κ1) is 17.0. The molecular weight excluding hydrogens is 320 g/mol. The Morgan fingerprint density at radius 3 is 2.30 bits per heavy atom. The molecule has 8 heteroatoms. The number of benzene rings is 1. The Hall–Kier alpha value is -2.35. The molecule has 0 unspecified atom stereocenters. The van der Waals surface area contributed by atoms with E-state index in [1.165, 1.54) is 11.8 Å². The number of nitrogens with one attached hydrogen (secondary N) is 1. The lowest BCUT2D eigenvalue weighted by atomic mass is 10.1. The normalized spacial score (nSPS) is 13.1. The predicted octanol–water partition coefficient (Wildman–Crippen LogP) is 0.607. The molecular formula is C15H16N2O5S. The second-order valence-corrected chi connectivity index (χ2v) is 5.96. The molecule has 1 aliphatic rings. The third-order valence-electron chi connectivity index (χ3n) is 3.23. The number of thioether (sulfide) groups is 1. The molecule has 1 aromatic carbocycles. The molecule has 3 amide bonds. The highest BCUT2D eigenvalue weighted by molar-refractivity contribution is 7.99. The second kappa shape index (κ2) is 7.77. The molecule has 2 N–H and O–H groups in total. The van der Waals surface area contributed by atoms with Crippen LogP contribution in [-0.4, -0.2) is 58.3 Å². The van der Waals surface area contributed by atoms with E-state index in [0.717, 1.165) is 4.90 Å².